The summed E-state index contributed by atoms with van der Waals surface area (Å²) in [5, 5.41) is 3.05. The van der Waals surface area contributed by atoms with Gasteiger partial charge in [0.1, 0.15) is 13.2 Å². The zero-order chi connectivity index (χ0) is 19.6. The van der Waals surface area contributed by atoms with E-state index in [4.69, 9.17) is 25.8 Å². The average molecular weight is 392 g/mol. The molecule has 0 saturated heterocycles. The van der Waals surface area contributed by atoms with E-state index in [0.717, 1.165) is 0 Å². The Hall–Kier alpha value is -2.73. The van der Waals surface area contributed by atoms with Gasteiger partial charge < -0.3 is 19.5 Å². The lowest BCUT2D eigenvalue weighted by atomic mass is 10.2. The van der Waals surface area contributed by atoms with Crippen molar-refractivity contribution >= 4 is 23.5 Å². The number of hydrogen-bond donors (Lipinski definition) is 1. The third kappa shape index (κ3) is 6.18. The molecular formula is C20H22ClNO5. The molecule has 0 radical (unpaired) electrons. The quantitative estimate of drug-likeness (QED) is 0.661. The highest BCUT2D eigenvalue weighted by molar-refractivity contribution is 6.31. The molecule has 144 valence electrons. The van der Waals surface area contributed by atoms with Gasteiger partial charge in [-0.05, 0) is 38.1 Å². The van der Waals surface area contributed by atoms with E-state index < -0.39 is 11.9 Å². The first kappa shape index (κ1) is 20.6. The predicted octanol–water partition coefficient (Wildman–Crippen LogP) is 3.61. The Morgan fingerprint density at radius 2 is 1.70 bits per heavy atom. The molecule has 0 unspecified atom stereocenters. The monoisotopic (exact) mass is 391 g/mol. The summed E-state index contributed by atoms with van der Waals surface area (Å²) in [7, 11) is 0. The van der Waals surface area contributed by atoms with Gasteiger partial charge >= 0.3 is 5.97 Å². The van der Waals surface area contributed by atoms with Crippen molar-refractivity contribution in [1.82, 2.24) is 5.32 Å². The van der Waals surface area contributed by atoms with Crippen molar-refractivity contribution in [3.8, 4) is 11.5 Å². The number of benzene rings is 2. The van der Waals surface area contributed by atoms with E-state index >= 15 is 0 Å². The zero-order valence-corrected chi connectivity index (χ0v) is 16.0. The molecule has 0 aliphatic carbocycles. The Bertz CT molecular complexity index is 794. The fourth-order valence-electron chi connectivity index (χ4n) is 2.27. The van der Waals surface area contributed by atoms with Crippen molar-refractivity contribution in [1.29, 1.82) is 0 Å². The summed E-state index contributed by atoms with van der Waals surface area (Å²) in [6.45, 7) is 4.44. The van der Waals surface area contributed by atoms with Crippen LogP contribution in [0.4, 0.5) is 0 Å². The normalized spacial score (nSPS) is 10.2. The smallest absolute Gasteiger partial charge is 0.325 e. The molecule has 0 bridgehead atoms. The second-order valence-corrected chi connectivity index (χ2v) is 5.87. The van der Waals surface area contributed by atoms with Crippen LogP contribution in [0, 0.1) is 0 Å². The molecule has 1 amide bonds. The first-order valence-corrected chi connectivity index (χ1v) is 8.99. The van der Waals surface area contributed by atoms with Gasteiger partial charge in [-0.15, -0.1) is 0 Å². The van der Waals surface area contributed by atoms with Crippen LogP contribution in [-0.4, -0.2) is 31.6 Å². The third-order valence-corrected chi connectivity index (χ3v) is 3.91. The SMILES string of the molecule is CCOc1ccc(C(=O)NCC(=O)OCc2ccccc2Cl)cc1OCC. The summed E-state index contributed by atoms with van der Waals surface area (Å²) in [6, 6.07) is 11.9. The maximum atomic E-state index is 12.3. The minimum absolute atomic E-state index is 0.0475. The van der Waals surface area contributed by atoms with Crippen molar-refractivity contribution < 1.29 is 23.8 Å². The van der Waals surface area contributed by atoms with E-state index in [-0.39, 0.29) is 13.2 Å². The summed E-state index contributed by atoms with van der Waals surface area (Å²) in [5.74, 6) is 0.0799. The number of amides is 1. The molecule has 0 aliphatic heterocycles. The van der Waals surface area contributed by atoms with Crippen LogP contribution in [0.2, 0.25) is 5.02 Å². The van der Waals surface area contributed by atoms with E-state index in [1.807, 2.05) is 13.8 Å². The summed E-state index contributed by atoms with van der Waals surface area (Å²) in [4.78, 5) is 24.1. The van der Waals surface area contributed by atoms with Gasteiger partial charge in [0.15, 0.2) is 11.5 Å². The highest BCUT2D eigenvalue weighted by atomic mass is 35.5. The zero-order valence-electron chi connectivity index (χ0n) is 15.3. The van der Waals surface area contributed by atoms with Gasteiger partial charge in [0, 0.05) is 16.1 Å². The lowest BCUT2D eigenvalue weighted by molar-refractivity contribution is -0.143. The lowest BCUT2D eigenvalue weighted by Gasteiger charge is -2.12. The van der Waals surface area contributed by atoms with Gasteiger partial charge in [-0.2, -0.15) is 0 Å². The van der Waals surface area contributed by atoms with Gasteiger partial charge in [-0.3, -0.25) is 9.59 Å². The number of hydrogen-bond acceptors (Lipinski definition) is 5. The molecule has 2 aromatic carbocycles. The largest absolute Gasteiger partial charge is 0.490 e. The lowest BCUT2D eigenvalue weighted by Crippen LogP contribution is -2.30. The highest BCUT2D eigenvalue weighted by Crippen LogP contribution is 2.28. The highest BCUT2D eigenvalue weighted by Gasteiger charge is 2.13. The van der Waals surface area contributed by atoms with Gasteiger partial charge in [-0.1, -0.05) is 29.8 Å². The van der Waals surface area contributed by atoms with Gasteiger partial charge in [0.05, 0.1) is 13.2 Å². The van der Waals surface area contributed by atoms with Crippen molar-refractivity contribution in [2.24, 2.45) is 0 Å². The molecule has 7 heteroatoms. The minimum atomic E-state index is -0.556. The molecule has 27 heavy (non-hydrogen) atoms. The third-order valence-electron chi connectivity index (χ3n) is 3.55. The Morgan fingerprint density at radius 3 is 2.41 bits per heavy atom. The maximum Gasteiger partial charge on any atom is 0.325 e. The van der Waals surface area contributed by atoms with Crippen LogP contribution >= 0.6 is 11.6 Å². The van der Waals surface area contributed by atoms with E-state index in [1.54, 1.807) is 42.5 Å². The maximum absolute atomic E-state index is 12.3. The van der Waals surface area contributed by atoms with Crippen molar-refractivity contribution in [3.05, 3.63) is 58.6 Å². The molecule has 6 nitrogen and oxygen atoms in total. The predicted molar refractivity (Wildman–Crippen MR) is 102 cm³/mol. The Labute approximate surface area is 163 Å². The van der Waals surface area contributed by atoms with Crippen LogP contribution in [0.5, 0.6) is 11.5 Å². The van der Waals surface area contributed by atoms with Crippen LogP contribution in [-0.2, 0) is 16.1 Å². The second kappa shape index (κ2) is 10.4. The molecular weight excluding hydrogens is 370 g/mol. The fraction of sp³-hybridized carbons (Fsp3) is 0.300. The first-order chi connectivity index (χ1) is 13.0. The Balaban J connectivity index is 1.90. The van der Waals surface area contributed by atoms with Gasteiger partial charge in [0.25, 0.3) is 5.91 Å². The van der Waals surface area contributed by atoms with E-state index in [9.17, 15) is 9.59 Å². The second-order valence-electron chi connectivity index (χ2n) is 5.46. The number of ether oxygens (including phenoxy) is 3. The van der Waals surface area contributed by atoms with Crippen LogP contribution in [0.25, 0.3) is 0 Å². The molecule has 2 rings (SSSR count). The van der Waals surface area contributed by atoms with Crippen LogP contribution < -0.4 is 14.8 Å². The number of halogens is 1. The molecule has 0 atom stereocenters. The van der Waals surface area contributed by atoms with E-state index in [2.05, 4.69) is 5.32 Å². The van der Waals surface area contributed by atoms with Crippen LogP contribution in [0.1, 0.15) is 29.8 Å². The van der Waals surface area contributed by atoms with Crippen LogP contribution in [0.15, 0.2) is 42.5 Å². The standard InChI is InChI=1S/C20H22ClNO5/c1-3-25-17-10-9-14(11-18(17)26-4-2)20(24)22-12-19(23)27-13-15-7-5-6-8-16(15)21/h5-11H,3-4,12-13H2,1-2H3,(H,22,24). The summed E-state index contributed by atoms with van der Waals surface area (Å²) in [6.07, 6.45) is 0. The summed E-state index contributed by atoms with van der Waals surface area (Å²) >= 11 is 6.01. The summed E-state index contributed by atoms with van der Waals surface area (Å²) in [5.41, 5.74) is 1.06. The van der Waals surface area contributed by atoms with Crippen molar-refractivity contribution in [2.75, 3.05) is 19.8 Å². The molecule has 0 aliphatic rings. The molecule has 0 fully saturated rings. The van der Waals surface area contributed by atoms with Gasteiger partial charge in [0.2, 0.25) is 0 Å². The van der Waals surface area contributed by atoms with E-state index in [1.165, 1.54) is 0 Å². The van der Waals surface area contributed by atoms with Crippen molar-refractivity contribution in [3.63, 3.8) is 0 Å². The number of rotatable bonds is 9. The average Bonchev–Trinajstić information content (AvgIpc) is 2.67. The number of esters is 1. The first-order valence-electron chi connectivity index (χ1n) is 8.62. The topological polar surface area (TPSA) is 73.9 Å². The molecule has 2 aromatic rings. The fourth-order valence-corrected chi connectivity index (χ4v) is 2.46. The molecule has 0 heterocycles. The van der Waals surface area contributed by atoms with Crippen LogP contribution in [0.3, 0.4) is 0 Å². The van der Waals surface area contributed by atoms with Crippen molar-refractivity contribution in [2.45, 2.75) is 20.5 Å². The molecule has 0 spiro atoms. The Morgan fingerprint density at radius 1 is 1.00 bits per heavy atom. The Kier molecular flexibility index (Phi) is 7.95. The number of nitrogens with one attached hydrogen (secondary N) is 1. The number of carbonyl (C=O) groups excluding carboxylic acids is 2. The molecule has 0 saturated carbocycles. The minimum Gasteiger partial charge on any atom is -0.490 e. The number of carbonyl (C=O) groups is 2. The molecule has 1 N–H and O–H groups in total. The summed E-state index contributed by atoms with van der Waals surface area (Å²) < 4.78 is 16.1. The van der Waals surface area contributed by atoms with Gasteiger partial charge in [-0.25, -0.2) is 0 Å². The molecule has 0 aromatic heterocycles. The van der Waals surface area contributed by atoms with E-state index in [0.29, 0.717) is 40.9 Å².